The van der Waals surface area contributed by atoms with E-state index in [1.807, 2.05) is 0 Å². The van der Waals surface area contributed by atoms with Crippen LogP contribution in [0.25, 0.3) is 0 Å². The maximum absolute atomic E-state index is 6.09. The number of nitrogens with two attached hydrogens (primary N) is 1. The molecule has 0 fully saturated rings. The van der Waals surface area contributed by atoms with Gasteiger partial charge in [0.15, 0.2) is 0 Å². The minimum absolute atomic E-state index is 0.202. The van der Waals surface area contributed by atoms with Crippen LogP contribution in [0.5, 0.6) is 0 Å². The second kappa shape index (κ2) is 6.15. The Bertz CT molecular complexity index is 317. The van der Waals surface area contributed by atoms with E-state index < -0.39 is 0 Å². The van der Waals surface area contributed by atoms with Gasteiger partial charge in [0.25, 0.3) is 0 Å². The van der Waals surface area contributed by atoms with Crippen molar-refractivity contribution in [1.29, 1.82) is 0 Å². The summed E-state index contributed by atoms with van der Waals surface area (Å²) >= 11 is 5.23. The molecule has 1 aromatic rings. The summed E-state index contributed by atoms with van der Waals surface area (Å²) in [7, 11) is 0. The third-order valence-corrected chi connectivity index (χ3v) is 4.36. The Morgan fingerprint density at radius 2 is 2.19 bits per heavy atom. The third-order valence-electron chi connectivity index (χ3n) is 2.67. The van der Waals surface area contributed by atoms with Crippen molar-refractivity contribution in [3.05, 3.63) is 20.8 Å². The minimum Gasteiger partial charge on any atom is -0.327 e. The maximum atomic E-state index is 6.09. The highest BCUT2D eigenvalue weighted by Gasteiger charge is 2.19. The molecule has 0 aliphatic rings. The summed E-state index contributed by atoms with van der Waals surface area (Å²) < 4.78 is 1.17. The van der Waals surface area contributed by atoms with Crippen LogP contribution >= 0.6 is 27.3 Å². The van der Waals surface area contributed by atoms with Crippen molar-refractivity contribution >= 4 is 27.3 Å². The van der Waals surface area contributed by atoms with E-state index in [2.05, 4.69) is 53.5 Å². The van der Waals surface area contributed by atoms with Crippen molar-refractivity contribution in [2.45, 2.75) is 39.8 Å². The van der Waals surface area contributed by atoms with Gasteiger partial charge in [-0.1, -0.05) is 20.8 Å². The number of hydrogen-bond donors (Lipinski definition) is 2. The quantitative estimate of drug-likeness (QED) is 0.819. The van der Waals surface area contributed by atoms with E-state index in [1.54, 1.807) is 11.3 Å². The summed E-state index contributed by atoms with van der Waals surface area (Å²) in [5.74, 6) is 0. The molecule has 0 spiro atoms. The Morgan fingerprint density at radius 1 is 1.50 bits per heavy atom. The highest BCUT2D eigenvalue weighted by molar-refractivity contribution is 9.10. The molecule has 1 heterocycles. The van der Waals surface area contributed by atoms with Gasteiger partial charge in [-0.2, -0.15) is 0 Å². The topological polar surface area (TPSA) is 38.0 Å². The summed E-state index contributed by atoms with van der Waals surface area (Å²) in [5, 5.41) is 5.54. The fourth-order valence-electron chi connectivity index (χ4n) is 1.35. The number of halogens is 1. The van der Waals surface area contributed by atoms with Crippen molar-refractivity contribution in [2.75, 3.05) is 6.54 Å². The van der Waals surface area contributed by atoms with Crippen LogP contribution in [0.2, 0.25) is 0 Å². The second-order valence-corrected chi connectivity index (χ2v) is 7.08. The van der Waals surface area contributed by atoms with Crippen LogP contribution in [0.1, 0.15) is 32.1 Å². The number of rotatable bonds is 5. The zero-order chi connectivity index (χ0) is 12.2. The summed E-state index contributed by atoms with van der Waals surface area (Å²) in [6.45, 7) is 8.48. The molecule has 0 amide bonds. The monoisotopic (exact) mass is 304 g/mol. The maximum Gasteiger partial charge on any atom is 0.0300 e. The molecular formula is C12H21BrN2S. The standard InChI is InChI=1S/C12H21BrN2S/c1-12(2,3)11(14)4-5-15-7-10-6-9(13)8-16-10/h6,8,11,15H,4-5,7,14H2,1-3H3. The first-order valence-electron chi connectivity index (χ1n) is 5.59. The molecular weight excluding hydrogens is 284 g/mol. The van der Waals surface area contributed by atoms with Gasteiger partial charge in [0.1, 0.15) is 0 Å². The van der Waals surface area contributed by atoms with Gasteiger partial charge in [0.05, 0.1) is 0 Å². The van der Waals surface area contributed by atoms with Crippen LogP contribution in [0.15, 0.2) is 15.9 Å². The van der Waals surface area contributed by atoms with Crippen molar-refractivity contribution < 1.29 is 0 Å². The molecule has 0 saturated heterocycles. The molecule has 92 valence electrons. The van der Waals surface area contributed by atoms with E-state index in [0.717, 1.165) is 19.5 Å². The van der Waals surface area contributed by atoms with Crippen LogP contribution < -0.4 is 11.1 Å². The number of thiophene rings is 1. The summed E-state index contributed by atoms with van der Waals surface area (Å²) in [6.07, 6.45) is 1.02. The van der Waals surface area contributed by atoms with Gasteiger partial charge in [0, 0.05) is 27.3 Å². The van der Waals surface area contributed by atoms with Gasteiger partial charge in [0.2, 0.25) is 0 Å². The predicted octanol–water partition coefficient (Wildman–Crippen LogP) is 3.36. The molecule has 3 N–H and O–H groups in total. The lowest BCUT2D eigenvalue weighted by atomic mass is 9.85. The second-order valence-electron chi connectivity index (χ2n) is 5.17. The largest absolute Gasteiger partial charge is 0.327 e. The van der Waals surface area contributed by atoms with Gasteiger partial charge in [-0.25, -0.2) is 0 Å². The van der Waals surface area contributed by atoms with Crippen molar-refractivity contribution in [3.63, 3.8) is 0 Å². The Hall–Kier alpha value is 0.1000. The van der Waals surface area contributed by atoms with E-state index in [9.17, 15) is 0 Å². The third kappa shape index (κ3) is 4.95. The average Bonchev–Trinajstić information content (AvgIpc) is 2.57. The molecule has 0 aliphatic carbocycles. The van der Waals surface area contributed by atoms with Gasteiger partial charge in [-0.15, -0.1) is 11.3 Å². The molecule has 1 aromatic heterocycles. The van der Waals surface area contributed by atoms with Crippen molar-refractivity contribution in [1.82, 2.24) is 5.32 Å². The molecule has 1 rings (SSSR count). The molecule has 1 unspecified atom stereocenters. The van der Waals surface area contributed by atoms with Gasteiger partial charge in [-0.05, 0) is 40.4 Å². The summed E-state index contributed by atoms with van der Waals surface area (Å²) in [5.41, 5.74) is 6.29. The first-order chi connectivity index (χ1) is 7.39. The van der Waals surface area contributed by atoms with Crippen LogP contribution in [0, 0.1) is 5.41 Å². The Labute approximate surface area is 111 Å². The molecule has 2 nitrogen and oxygen atoms in total. The van der Waals surface area contributed by atoms with E-state index in [4.69, 9.17) is 5.73 Å². The molecule has 4 heteroatoms. The summed E-state index contributed by atoms with van der Waals surface area (Å²) in [6, 6.07) is 2.41. The average molecular weight is 305 g/mol. The van der Waals surface area contributed by atoms with E-state index >= 15 is 0 Å². The minimum atomic E-state index is 0.202. The highest BCUT2D eigenvalue weighted by atomic mass is 79.9. The predicted molar refractivity (Wildman–Crippen MR) is 75.8 cm³/mol. The molecule has 0 aliphatic heterocycles. The van der Waals surface area contributed by atoms with Gasteiger partial charge >= 0.3 is 0 Å². The number of hydrogen-bond acceptors (Lipinski definition) is 3. The lowest BCUT2D eigenvalue weighted by Gasteiger charge is -2.27. The number of nitrogens with one attached hydrogen (secondary N) is 1. The molecule has 16 heavy (non-hydrogen) atoms. The van der Waals surface area contributed by atoms with Gasteiger partial charge in [-0.3, -0.25) is 0 Å². The van der Waals surface area contributed by atoms with Crippen molar-refractivity contribution in [3.8, 4) is 0 Å². The van der Waals surface area contributed by atoms with E-state index in [0.29, 0.717) is 0 Å². The Morgan fingerprint density at radius 3 is 2.69 bits per heavy atom. The van der Waals surface area contributed by atoms with E-state index in [-0.39, 0.29) is 11.5 Å². The fourth-order valence-corrected chi connectivity index (χ4v) is 2.77. The van der Waals surface area contributed by atoms with Crippen LogP contribution in [0.3, 0.4) is 0 Å². The zero-order valence-corrected chi connectivity index (χ0v) is 12.6. The van der Waals surface area contributed by atoms with E-state index in [1.165, 1.54) is 9.35 Å². The molecule has 0 aromatic carbocycles. The lowest BCUT2D eigenvalue weighted by Crippen LogP contribution is -2.37. The first kappa shape index (κ1) is 14.2. The Kier molecular flexibility index (Phi) is 5.44. The first-order valence-corrected chi connectivity index (χ1v) is 7.26. The SMILES string of the molecule is CC(C)(C)C(N)CCNCc1cc(Br)cs1. The summed E-state index contributed by atoms with van der Waals surface area (Å²) in [4.78, 5) is 1.36. The van der Waals surface area contributed by atoms with Crippen molar-refractivity contribution in [2.24, 2.45) is 11.1 Å². The van der Waals surface area contributed by atoms with Gasteiger partial charge < -0.3 is 11.1 Å². The Balaban J connectivity index is 2.17. The molecule has 0 radical (unpaired) electrons. The fraction of sp³-hybridized carbons (Fsp3) is 0.667. The normalized spacial score (nSPS) is 14.1. The smallest absolute Gasteiger partial charge is 0.0300 e. The lowest BCUT2D eigenvalue weighted by molar-refractivity contribution is 0.302. The zero-order valence-electron chi connectivity index (χ0n) is 10.2. The molecule has 1 atom stereocenters. The van der Waals surface area contributed by atoms with Crippen LogP contribution in [0.4, 0.5) is 0 Å². The molecule has 0 bridgehead atoms. The van der Waals surface area contributed by atoms with Crippen LogP contribution in [-0.2, 0) is 6.54 Å². The highest BCUT2D eigenvalue weighted by Crippen LogP contribution is 2.20. The van der Waals surface area contributed by atoms with Crippen LogP contribution in [-0.4, -0.2) is 12.6 Å². The molecule has 0 saturated carbocycles.